The number of benzene rings is 1. The first kappa shape index (κ1) is 10.8. The first-order valence-corrected chi connectivity index (χ1v) is 5.72. The highest BCUT2D eigenvalue weighted by Gasteiger charge is 2.46. The zero-order chi connectivity index (χ0) is 11.9. The molecule has 0 aromatic heterocycles. The molecule has 0 atom stereocenters. The van der Waals surface area contributed by atoms with Crippen molar-refractivity contribution in [1.82, 2.24) is 0 Å². The molecule has 88 valence electrons. The molecule has 3 heterocycles. The van der Waals surface area contributed by atoms with Crippen molar-refractivity contribution in [2.24, 2.45) is 5.41 Å². The molecule has 4 rings (SSSR count). The van der Waals surface area contributed by atoms with E-state index in [0.29, 0.717) is 25.4 Å². The lowest BCUT2D eigenvalue weighted by molar-refractivity contribution is -0.119. The molecule has 5 heteroatoms. The first-order chi connectivity index (χ1) is 8.16. The van der Waals surface area contributed by atoms with Crippen LogP contribution in [0.2, 0.25) is 0 Å². The molecular formula is C12H13BNO3-. The summed E-state index contributed by atoms with van der Waals surface area (Å²) in [6, 6.07) is 9.28. The van der Waals surface area contributed by atoms with Crippen molar-refractivity contribution in [2.45, 2.75) is 6.92 Å². The van der Waals surface area contributed by atoms with Crippen LogP contribution in [0.25, 0.3) is 0 Å². The maximum atomic E-state index is 8.76. The Morgan fingerprint density at radius 3 is 2.12 bits per heavy atom. The van der Waals surface area contributed by atoms with Crippen molar-refractivity contribution in [1.29, 1.82) is 5.26 Å². The third kappa shape index (κ3) is 1.66. The smallest absolute Gasteiger partial charge is 0.409 e. The summed E-state index contributed by atoms with van der Waals surface area (Å²) in [6.45, 7) is 2.29. The minimum atomic E-state index is -1.78. The second-order valence-corrected chi connectivity index (χ2v) is 5.12. The van der Waals surface area contributed by atoms with Gasteiger partial charge in [0.25, 0.3) is 0 Å². The van der Waals surface area contributed by atoms with E-state index >= 15 is 0 Å². The van der Waals surface area contributed by atoms with Crippen LogP contribution in [0, 0.1) is 16.7 Å². The Bertz CT molecular complexity index is 455. The minimum Gasteiger partial charge on any atom is -0.540 e. The van der Waals surface area contributed by atoms with Gasteiger partial charge in [-0.15, -0.1) is 5.46 Å². The van der Waals surface area contributed by atoms with E-state index in [1.807, 2.05) is 12.1 Å². The summed E-state index contributed by atoms with van der Waals surface area (Å²) in [7, 11) is 0. The van der Waals surface area contributed by atoms with Gasteiger partial charge in [-0.3, -0.25) is 0 Å². The summed E-state index contributed by atoms with van der Waals surface area (Å²) >= 11 is 0. The van der Waals surface area contributed by atoms with Crippen LogP contribution >= 0.6 is 0 Å². The van der Waals surface area contributed by atoms with Gasteiger partial charge < -0.3 is 14.0 Å². The molecule has 3 aliphatic rings. The van der Waals surface area contributed by atoms with E-state index in [2.05, 4.69) is 13.0 Å². The van der Waals surface area contributed by atoms with Gasteiger partial charge in [0.1, 0.15) is 0 Å². The number of nitrogens with zero attached hydrogens (tertiary/aromatic N) is 1. The van der Waals surface area contributed by atoms with Gasteiger partial charge in [-0.1, -0.05) is 19.1 Å². The second kappa shape index (κ2) is 3.57. The second-order valence-electron chi connectivity index (χ2n) is 5.12. The Hall–Kier alpha value is -1.35. The molecule has 2 bridgehead atoms. The van der Waals surface area contributed by atoms with Crippen LogP contribution in [0.3, 0.4) is 0 Å². The van der Waals surface area contributed by atoms with E-state index in [1.54, 1.807) is 12.1 Å². The van der Waals surface area contributed by atoms with Crippen molar-refractivity contribution < 1.29 is 14.0 Å². The maximum absolute atomic E-state index is 8.76. The highest BCUT2D eigenvalue weighted by molar-refractivity contribution is 6.75. The lowest BCUT2D eigenvalue weighted by atomic mass is 9.64. The molecule has 0 spiro atoms. The fourth-order valence-corrected chi connectivity index (χ4v) is 2.28. The number of rotatable bonds is 1. The lowest BCUT2D eigenvalue weighted by Gasteiger charge is -2.58. The van der Waals surface area contributed by atoms with Crippen LogP contribution in [-0.2, 0) is 14.0 Å². The molecule has 0 radical (unpaired) electrons. The fourth-order valence-electron chi connectivity index (χ4n) is 2.28. The number of nitriles is 1. The van der Waals surface area contributed by atoms with Crippen molar-refractivity contribution in [3.63, 3.8) is 0 Å². The molecule has 3 fully saturated rings. The SMILES string of the molecule is CC12CO[B-](c3ccc(C#N)cc3)(OC1)OC2. The molecule has 3 saturated heterocycles. The Morgan fingerprint density at radius 2 is 1.65 bits per heavy atom. The van der Waals surface area contributed by atoms with E-state index in [-0.39, 0.29) is 5.41 Å². The Labute approximate surface area is 100 Å². The van der Waals surface area contributed by atoms with E-state index in [0.717, 1.165) is 5.46 Å². The van der Waals surface area contributed by atoms with Gasteiger partial charge >= 0.3 is 6.75 Å². The molecular weight excluding hydrogens is 217 g/mol. The zero-order valence-electron chi connectivity index (χ0n) is 9.68. The van der Waals surface area contributed by atoms with Gasteiger partial charge in [0.05, 0.1) is 11.6 Å². The monoisotopic (exact) mass is 230 g/mol. The van der Waals surface area contributed by atoms with E-state index < -0.39 is 6.75 Å². The summed E-state index contributed by atoms with van der Waals surface area (Å²) in [4.78, 5) is 0. The predicted molar refractivity (Wildman–Crippen MR) is 62.5 cm³/mol. The summed E-state index contributed by atoms with van der Waals surface area (Å²) in [5, 5.41) is 8.76. The Balaban J connectivity index is 1.91. The van der Waals surface area contributed by atoms with Gasteiger partial charge in [0.15, 0.2) is 0 Å². The summed E-state index contributed by atoms with van der Waals surface area (Å²) < 4.78 is 17.3. The highest BCUT2D eigenvalue weighted by atomic mass is 16.8. The van der Waals surface area contributed by atoms with E-state index in [1.165, 1.54) is 0 Å². The molecule has 0 unspecified atom stereocenters. The first-order valence-electron chi connectivity index (χ1n) is 5.72. The van der Waals surface area contributed by atoms with Crippen molar-refractivity contribution in [2.75, 3.05) is 19.8 Å². The van der Waals surface area contributed by atoms with E-state index in [4.69, 9.17) is 19.2 Å². The zero-order valence-corrected chi connectivity index (χ0v) is 9.68. The van der Waals surface area contributed by atoms with Gasteiger partial charge in [0, 0.05) is 25.2 Å². The summed E-state index contributed by atoms with van der Waals surface area (Å²) in [5.41, 5.74) is 1.47. The molecule has 0 N–H and O–H groups in total. The quantitative estimate of drug-likeness (QED) is 0.669. The van der Waals surface area contributed by atoms with Gasteiger partial charge in [0.2, 0.25) is 0 Å². The van der Waals surface area contributed by atoms with E-state index in [9.17, 15) is 0 Å². The van der Waals surface area contributed by atoms with Crippen LogP contribution in [0.1, 0.15) is 12.5 Å². The van der Waals surface area contributed by atoms with Crippen molar-refractivity contribution in [3.8, 4) is 6.07 Å². The molecule has 1 aromatic carbocycles. The third-order valence-electron chi connectivity index (χ3n) is 3.40. The Kier molecular flexibility index (Phi) is 2.27. The molecule has 0 saturated carbocycles. The minimum absolute atomic E-state index is 0.0178. The average Bonchev–Trinajstić information content (AvgIpc) is 2.40. The summed E-state index contributed by atoms with van der Waals surface area (Å²) in [5.74, 6) is 0. The van der Waals surface area contributed by atoms with Gasteiger partial charge in [-0.05, 0) is 12.1 Å². The van der Waals surface area contributed by atoms with Crippen molar-refractivity contribution >= 4 is 12.2 Å². The fraction of sp³-hybridized carbons (Fsp3) is 0.417. The van der Waals surface area contributed by atoms with Crippen molar-refractivity contribution in [3.05, 3.63) is 29.8 Å². The van der Waals surface area contributed by atoms with Crippen LogP contribution in [0.15, 0.2) is 24.3 Å². The normalized spacial score (nSPS) is 35.5. The Morgan fingerprint density at radius 1 is 1.12 bits per heavy atom. The van der Waals surface area contributed by atoms with Crippen LogP contribution in [-0.4, -0.2) is 26.6 Å². The van der Waals surface area contributed by atoms with Gasteiger partial charge in [-0.25, -0.2) is 0 Å². The maximum Gasteiger partial charge on any atom is 0.409 e. The van der Waals surface area contributed by atoms with Crippen LogP contribution < -0.4 is 5.46 Å². The van der Waals surface area contributed by atoms with Crippen LogP contribution in [0.5, 0.6) is 0 Å². The molecule has 4 nitrogen and oxygen atoms in total. The number of fused-ring (bicyclic) bond motifs is 3. The third-order valence-corrected chi connectivity index (χ3v) is 3.40. The highest BCUT2D eigenvalue weighted by Crippen LogP contribution is 2.34. The molecule has 17 heavy (non-hydrogen) atoms. The molecule has 0 aliphatic carbocycles. The predicted octanol–water partition coefficient (Wildman–Crippen LogP) is 0.787. The van der Waals surface area contributed by atoms with Gasteiger partial charge in [-0.2, -0.15) is 5.26 Å². The number of hydrogen-bond acceptors (Lipinski definition) is 4. The lowest BCUT2D eigenvalue weighted by Crippen LogP contribution is -2.68. The molecule has 0 amide bonds. The molecule has 1 aromatic rings. The average molecular weight is 230 g/mol. The summed E-state index contributed by atoms with van der Waals surface area (Å²) in [6.07, 6.45) is 0. The standard InChI is InChI=1S/C12H13BNO3/c1-12-7-15-13(16-8-12,17-9-12)11-4-2-10(6-14)3-5-11/h2-5H,7-9H2,1H3/q-1. The topological polar surface area (TPSA) is 51.5 Å². The largest absolute Gasteiger partial charge is 0.540 e. The molecule has 3 aliphatic heterocycles. The van der Waals surface area contributed by atoms with Crippen LogP contribution in [0.4, 0.5) is 0 Å². The number of hydrogen-bond donors (Lipinski definition) is 0.